The highest BCUT2D eigenvalue weighted by Crippen LogP contribution is 2.44. The molecule has 23 heavy (non-hydrogen) atoms. The second-order valence-electron chi connectivity index (χ2n) is 6.57. The van der Waals surface area contributed by atoms with Crippen LogP contribution >= 0.6 is 0 Å². The number of carbonyl (C=O) groups is 2. The first-order chi connectivity index (χ1) is 11.1. The Morgan fingerprint density at radius 1 is 1.22 bits per heavy atom. The lowest BCUT2D eigenvalue weighted by Crippen LogP contribution is -2.40. The van der Waals surface area contributed by atoms with Gasteiger partial charge in [-0.1, -0.05) is 19.4 Å². The molecule has 1 aromatic rings. The second-order valence-corrected chi connectivity index (χ2v) is 6.57. The van der Waals surface area contributed by atoms with Crippen molar-refractivity contribution >= 4 is 17.5 Å². The Hall–Kier alpha value is -2.04. The van der Waals surface area contributed by atoms with Gasteiger partial charge in [-0.3, -0.25) is 9.59 Å². The molecule has 124 valence electrons. The first kappa shape index (κ1) is 15.8. The Bertz CT molecular complexity index is 587. The van der Waals surface area contributed by atoms with E-state index in [1.54, 1.807) is 31.2 Å². The average Bonchev–Trinajstić information content (AvgIpc) is 3.16. The van der Waals surface area contributed by atoms with Gasteiger partial charge in [0.1, 0.15) is 5.75 Å². The van der Waals surface area contributed by atoms with Gasteiger partial charge >= 0.3 is 0 Å². The third kappa shape index (κ3) is 4.03. The number of fused-ring (bicyclic) bond motifs is 2. The summed E-state index contributed by atoms with van der Waals surface area (Å²) in [6.07, 6.45) is 5.39. The van der Waals surface area contributed by atoms with Crippen LogP contribution in [0.3, 0.4) is 0 Å². The molecule has 2 fully saturated rings. The third-order valence-electron chi connectivity index (χ3n) is 4.89. The van der Waals surface area contributed by atoms with E-state index in [1.807, 2.05) is 0 Å². The number of anilines is 1. The molecule has 2 bridgehead atoms. The molecule has 2 aliphatic carbocycles. The molecule has 2 saturated carbocycles. The molecule has 3 rings (SSSR count). The van der Waals surface area contributed by atoms with Gasteiger partial charge in [0, 0.05) is 24.2 Å². The number of ether oxygens (including phenoxy) is 1. The maximum absolute atomic E-state index is 12.1. The molecule has 0 spiro atoms. The van der Waals surface area contributed by atoms with Gasteiger partial charge in [0.2, 0.25) is 5.91 Å². The van der Waals surface area contributed by atoms with Crippen LogP contribution in [0.2, 0.25) is 0 Å². The fraction of sp³-hybridized carbons (Fsp3) is 0.556. The molecule has 1 aromatic carbocycles. The SMILES string of the molecule is CCC(=O)Nc1cccc(OCC(=O)N[C@@H]2C[C@H]3CC[C@@H]2C3)c1. The van der Waals surface area contributed by atoms with Gasteiger partial charge < -0.3 is 15.4 Å². The summed E-state index contributed by atoms with van der Waals surface area (Å²) >= 11 is 0. The quantitative estimate of drug-likeness (QED) is 0.848. The zero-order chi connectivity index (χ0) is 16.2. The van der Waals surface area contributed by atoms with E-state index < -0.39 is 0 Å². The van der Waals surface area contributed by atoms with Crippen LogP contribution in [-0.2, 0) is 9.59 Å². The fourth-order valence-electron chi connectivity index (χ4n) is 3.73. The lowest BCUT2D eigenvalue weighted by molar-refractivity contribution is -0.124. The van der Waals surface area contributed by atoms with Crippen LogP contribution in [0.15, 0.2) is 24.3 Å². The van der Waals surface area contributed by atoms with Gasteiger partial charge in [-0.2, -0.15) is 0 Å². The Labute approximate surface area is 136 Å². The molecule has 2 N–H and O–H groups in total. The summed E-state index contributed by atoms with van der Waals surface area (Å²) in [6, 6.07) is 7.45. The summed E-state index contributed by atoms with van der Waals surface area (Å²) in [7, 11) is 0. The minimum absolute atomic E-state index is 0.0130. The number of carbonyl (C=O) groups excluding carboxylic acids is 2. The van der Waals surface area contributed by atoms with Crippen LogP contribution in [0, 0.1) is 11.8 Å². The van der Waals surface area contributed by atoms with Gasteiger partial charge in [-0.05, 0) is 43.2 Å². The van der Waals surface area contributed by atoms with Crippen molar-refractivity contribution in [2.24, 2.45) is 11.8 Å². The first-order valence-corrected chi connectivity index (χ1v) is 8.46. The molecule has 2 aliphatic rings. The van der Waals surface area contributed by atoms with Gasteiger partial charge in [0.05, 0.1) is 0 Å². The van der Waals surface area contributed by atoms with E-state index >= 15 is 0 Å². The van der Waals surface area contributed by atoms with Crippen LogP contribution in [0.5, 0.6) is 5.75 Å². The molecular formula is C18H24N2O3. The molecule has 0 unspecified atom stereocenters. The minimum atomic E-state index is -0.0643. The summed E-state index contributed by atoms with van der Waals surface area (Å²) in [6.45, 7) is 1.81. The highest BCUT2D eigenvalue weighted by Gasteiger charge is 2.40. The van der Waals surface area contributed by atoms with E-state index in [0.29, 0.717) is 29.8 Å². The molecule has 5 heteroatoms. The standard InChI is InChI=1S/C18H24N2O3/c1-2-17(21)19-14-4-3-5-15(10-14)23-11-18(22)20-16-9-12-6-7-13(16)8-12/h3-5,10,12-13,16H,2,6-9,11H2,1H3,(H,19,21)(H,20,22)/t12-,13+,16+/m0/s1. The molecule has 2 amide bonds. The zero-order valence-electron chi connectivity index (χ0n) is 13.5. The van der Waals surface area contributed by atoms with Crippen LogP contribution < -0.4 is 15.4 Å². The minimum Gasteiger partial charge on any atom is -0.484 e. The Balaban J connectivity index is 1.47. The predicted molar refractivity (Wildman–Crippen MR) is 88.2 cm³/mol. The molecule has 3 atom stereocenters. The normalized spacial score (nSPS) is 25.2. The average molecular weight is 316 g/mol. The zero-order valence-corrected chi connectivity index (χ0v) is 13.5. The summed E-state index contributed by atoms with van der Waals surface area (Å²) < 4.78 is 5.55. The number of hydrogen-bond acceptors (Lipinski definition) is 3. The summed E-state index contributed by atoms with van der Waals surface area (Å²) in [5.41, 5.74) is 0.683. The van der Waals surface area contributed by atoms with Gasteiger partial charge in [0.25, 0.3) is 5.91 Å². The molecular weight excluding hydrogens is 292 g/mol. The third-order valence-corrected chi connectivity index (χ3v) is 4.89. The number of amides is 2. The van der Waals surface area contributed by atoms with Crippen molar-refractivity contribution in [1.29, 1.82) is 0 Å². The smallest absolute Gasteiger partial charge is 0.258 e. The molecule has 0 aromatic heterocycles. The summed E-state index contributed by atoms with van der Waals surface area (Å²) in [5, 5.41) is 5.88. The number of benzene rings is 1. The Kier molecular flexibility index (Phi) is 4.84. The van der Waals surface area contributed by atoms with Crippen LogP contribution in [0.4, 0.5) is 5.69 Å². The van der Waals surface area contributed by atoms with Crippen molar-refractivity contribution in [3.63, 3.8) is 0 Å². The maximum Gasteiger partial charge on any atom is 0.258 e. The summed E-state index contributed by atoms with van der Waals surface area (Å²) in [5.74, 6) is 1.95. The van der Waals surface area contributed by atoms with Crippen molar-refractivity contribution < 1.29 is 14.3 Å². The number of nitrogens with one attached hydrogen (secondary N) is 2. The van der Waals surface area contributed by atoms with Gasteiger partial charge in [-0.15, -0.1) is 0 Å². The first-order valence-electron chi connectivity index (χ1n) is 8.46. The monoisotopic (exact) mass is 316 g/mol. The summed E-state index contributed by atoms with van der Waals surface area (Å²) in [4.78, 5) is 23.5. The van der Waals surface area contributed by atoms with E-state index in [4.69, 9.17) is 4.74 Å². The molecule has 0 heterocycles. The second kappa shape index (κ2) is 7.02. The highest BCUT2D eigenvalue weighted by molar-refractivity contribution is 5.90. The van der Waals surface area contributed by atoms with Crippen molar-refractivity contribution in [3.8, 4) is 5.75 Å². The Morgan fingerprint density at radius 2 is 2.09 bits per heavy atom. The van der Waals surface area contributed by atoms with E-state index in [-0.39, 0.29) is 18.4 Å². The lowest BCUT2D eigenvalue weighted by Gasteiger charge is -2.22. The van der Waals surface area contributed by atoms with E-state index in [1.165, 1.54) is 19.3 Å². The van der Waals surface area contributed by atoms with Crippen molar-refractivity contribution in [2.45, 2.75) is 45.1 Å². The van der Waals surface area contributed by atoms with Crippen molar-refractivity contribution in [3.05, 3.63) is 24.3 Å². The lowest BCUT2D eigenvalue weighted by atomic mass is 9.95. The fourth-order valence-corrected chi connectivity index (χ4v) is 3.73. The Morgan fingerprint density at radius 3 is 2.78 bits per heavy atom. The largest absolute Gasteiger partial charge is 0.484 e. The van der Waals surface area contributed by atoms with Crippen LogP contribution in [0.25, 0.3) is 0 Å². The highest BCUT2D eigenvalue weighted by atomic mass is 16.5. The van der Waals surface area contributed by atoms with Gasteiger partial charge in [-0.25, -0.2) is 0 Å². The predicted octanol–water partition coefficient (Wildman–Crippen LogP) is 2.72. The van der Waals surface area contributed by atoms with E-state index in [2.05, 4.69) is 10.6 Å². The topological polar surface area (TPSA) is 67.4 Å². The van der Waals surface area contributed by atoms with Crippen LogP contribution in [0.1, 0.15) is 39.0 Å². The van der Waals surface area contributed by atoms with E-state index in [9.17, 15) is 9.59 Å². The van der Waals surface area contributed by atoms with Gasteiger partial charge in [0.15, 0.2) is 6.61 Å². The van der Waals surface area contributed by atoms with E-state index in [0.717, 1.165) is 12.3 Å². The van der Waals surface area contributed by atoms with Crippen molar-refractivity contribution in [1.82, 2.24) is 5.32 Å². The number of rotatable bonds is 6. The molecule has 0 aliphatic heterocycles. The maximum atomic E-state index is 12.1. The number of hydrogen-bond donors (Lipinski definition) is 2. The molecule has 5 nitrogen and oxygen atoms in total. The van der Waals surface area contributed by atoms with Crippen molar-refractivity contribution in [2.75, 3.05) is 11.9 Å². The molecule has 0 saturated heterocycles. The molecule has 0 radical (unpaired) electrons. The van der Waals surface area contributed by atoms with Crippen LogP contribution in [-0.4, -0.2) is 24.5 Å².